The van der Waals surface area contributed by atoms with Gasteiger partial charge in [0.05, 0.1) is 0 Å². The molecule has 0 aliphatic carbocycles. The third-order valence-electron chi connectivity index (χ3n) is 1.89. The fourth-order valence-corrected chi connectivity index (χ4v) is 0.950. The Balaban J connectivity index is 2.81. The van der Waals surface area contributed by atoms with E-state index in [1.807, 2.05) is 12.1 Å². The van der Waals surface area contributed by atoms with E-state index in [9.17, 15) is 0 Å². The molecular formula is C10H13O. The van der Waals surface area contributed by atoms with Gasteiger partial charge in [-0.3, -0.25) is 0 Å². The Morgan fingerprint density at radius 2 is 1.82 bits per heavy atom. The van der Waals surface area contributed by atoms with Gasteiger partial charge in [-0.2, -0.15) is 0 Å². The lowest BCUT2D eigenvalue weighted by atomic mass is 9.99. The quantitative estimate of drug-likeness (QED) is 0.685. The van der Waals surface area contributed by atoms with Crippen LogP contribution < -0.4 is 0 Å². The first-order chi connectivity index (χ1) is 5.24. The molecule has 11 heavy (non-hydrogen) atoms. The minimum absolute atomic E-state index is 0.331. The van der Waals surface area contributed by atoms with Gasteiger partial charge in [-0.05, 0) is 24.1 Å². The van der Waals surface area contributed by atoms with E-state index >= 15 is 0 Å². The molecule has 0 amide bonds. The molecule has 1 radical (unpaired) electrons. The third-order valence-corrected chi connectivity index (χ3v) is 1.89. The van der Waals surface area contributed by atoms with Crippen LogP contribution in [-0.2, 0) is 0 Å². The van der Waals surface area contributed by atoms with E-state index in [1.54, 1.807) is 12.1 Å². The van der Waals surface area contributed by atoms with E-state index in [0.717, 1.165) is 6.42 Å². The number of hydrogen-bond acceptors (Lipinski definition) is 1. The lowest BCUT2D eigenvalue weighted by Crippen LogP contribution is -1.90. The van der Waals surface area contributed by atoms with Gasteiger partial charge in [0.25, 0.3) is 0 Å². The molecule has 59 valence electrons. The standard InChI is InChI=1S/C10H13O/c1-3-8(2)9-4-6-10(11)7-5-9/h4-7,11H,3H2,1-2H3. The summed E-state index contributed by atoms with van der Waals surface area (Å²) in [6.07, 6.45) is 1.06. The van der Waals surface area contributed by atoms with Gasteiger partial charge in [0, 0.05) is 5.92 Å². The zero-order chi connectivity index (χ0) is 8.27. The van der Waals surface area contributed by atoms with E-state index in [4.69, 9.17) is 5.11 Å². The Labute approximate surface area is 67.7 Å². The molecule has 1 nitrogen and oxygen atoms in total. The van der Waals surface area contributed by atoms with Gasteiger partial charge < -0.3 is 5.11 Å². The zero-order valence-electron chi connectivity index (χ0n) is 6.96. The fourth-order valence-electron chi connectivity index (χ4n) is 0.950. The molecule has 0 saturated heterocycles. The van der Waals surface area contributed by atoms with Crippen LogP contribution in [0.4, 0.5) is 0 Å². The van der Waals surface area contributed by atoms with Crippen LogP contribution in [0.15, 0.2) is 24.3 Å². The summed E-state index contributed by atoms with van der Waals surface area (Å²) in [6.45, 7) is 4.23. The fraction of sp³-hybridized carbons (Fsp3) is 0.300. The van der Waals surface area contributed by atoms with Gasteiger partial charge in [0.15, 0.2) is 0 Å². The highest BCUT2D eigenvalue weighted by Crippen LogP contribution is 2.19. The average Bonchev–Trinajstić information content (AvgIpc) is 2.05. The van der Waals surface area contributed by atoms with E-state index in [2.05, 4.69) is 13.8 Å². The molecule has 1 aromatic rings. The molecule has 0 saturated carbocycles. The van der Waals surface area contributed by atoms with Crippen LogP contribution in [-0.4, -0.2) is 5.11 Å². The molecule has 0 atom stereocenters. The summed E-state index contributed by atoms with van der Waals surface area (Å²) in [4.78, 5) is 0. The van der Waals surface area contributed by atoms with E-state index in [1.165, 1.54) is 11.5 Å². The summed E-state index contributed by atoms with van der Waals surface area (Å²) in [5.41, 5.74) is 1.21. The van der Waals surface area contributed by atoms with E-state index < -0.39 is 0 Å². The van der Waals surface area contributed by atoms with E-state index in [0.29, 0.717) is 5.75 Å². The smallest absolute Gasteiger partial charge is 0.115 e. The van der Waals surface area contributed by atoms with Crippen LogP contribution in [0, 0.1) is 5.92 Å². The molecule has 1 rings (SSSR count). The topological polar surface area (TPSA) is 20.2 Å². The number of hydrogen-bond donors (Lipinski definition) is 1. The third kappa shape index (κ3) is 1.97. The second kappa shape index (κ2) is 3.42. The van der Waals surface area contributed by atoms with Crippen molar-refractivity contribution < 1.29 is 5.11 Å². The van der Waals surface area contributed by atoms with Gasteiger partial charge in [-0.25, -0.2) is 0 Å². The van der Waals surface area contributed by atoms with Crippen LogP contribution in [0.5, 0.6) is 5.75 Å². The molecule has 0 aliphatic rings. The summed E-state index contributed by atoms with van der Waals surface area (Å²) >= 11 is 0. The van der Waals surface area contributed by atoms with Gasteiger partial charge >= 0.3 is 0 Å². The van der Waals surface area contributed by atoms with Crippen molar-refractivity contribution in [3.63, 3.8) is 0 Å². The summed E-state index contributed by atoms with van der Waals surface area (Å²) in [5, 5.41) is 9.00. The van der Waals surface area contributed by atoms with Crippen molar-refractivity contribution in [1.29, 1.82) is 0 Å². The van der Waals surface area contributed by atoms with Crippen molar-refractivity contribution >= 4 is 0 Å². The summed E-state index contributed by atoms with van der Waals surface area (Å²) < 4.78 is 0. The number of aromatic hydroxyl groups is 1. The van der Waals surface area contributed by atoms with Gasteiger partial charge in [0.2, 0.25) is 0 Å². The maximum Gasteiger partial charge on any atom is 0.115 e. The van der Waals surface area contributed by atoms with Crippen molar-refractivity contribution in [3.8, 4) is 5.75 Å². The van der Waals surface area contributed by atoms with Crippen molar-refractivity contribution in [3.05, 3.63) is 35.7 Å². The summed E-state index contributed by atoms with van der Waals surface area (Å²) in [5.74, 6) is 1.68. The predicted octanol–water partition coefficient (Wildman–Crippen LogP) is 2.74. The second-order valence-corrected chi connectivity index (χ2v) is 2.68. The maximum atomic E-state index is 9.00. The Morgan fingerprint density at radius 1 is 1.27 bits per heavy atom. The molecule has 0 aromatic heterocycles. The Morgan fingerprint density at radius 3 is 2.27 bits per heavy atom. The Hall–Kier alpha value is -0.980. The molecular weight excluding hydrogens is 136 g/mol. The average molecular weight is 149 g/mol. The van der Waals surface area contributed by atoms with Gasteiger partial charge in [0.1, 0.15) is 5.75 Å². The highest BCUT2D eigenvalue weighted by molar-refractivity contribution is 5.33. The Bertz CT molecular complexity index is 213. The molecule has 0 unspecified atom stereocenters. The maximum absolute atomic E-state index is 9.00. The van der Waals surface area contributed by atoms with Crippen LogP contribution in [0.1, 0.15) is 25.8 Å². The lowest BCUT2D eigenvalue weighted by molar-refractivity contribution is 0.475. The molecule has 0 heterocycles. The van der Waals surface area contributed by atoms with Crippen LogP contribution in [0.2, 0.25) is 0 Å². The number of phenolic OH excluding ortho intramolecular Hbond substituents is 1. The molecule has 1 heteroatoms. The van der Waals surface area contributed by atoms with Crippen molar-refractivity contribution in [2.75, 3.05) is 0 Å². The molecule has 1 N–H and O–H groups in total. The molecule has 0 bridgehead atoms. The van der Waals surface area contributed by atoms with E-state index in [-0.39, 0.29) is 0 Å². The minimum atomic E-state index is 0.331. The van der Waals surface area contributed by atoms with Crippen LogP contribution >= 0.6 is 0 Å². The normalized spacial score (nSPS) is 10.5. The Kier molecular flexibility index (Phi) is 2.53. The molecule has 0 spiro atoms. The first kappa shape index (κ1) is 8.12. The molecule has 0 fully saturated rings. The minimum Gasteiger partial charge on any atom is -0.508 e. The van der Waals surface area contributed by atoms with Gasteiger partial charge in [-0.1, -0.05) is 26.0 Å². The number of benzene rings is 1. The van der Waals surface area contributed by atoms with Crippen LogP contribution in [0.3, 0.4) is 0 Å². The zero-order valence-corrected chi connectivity index (χ0v) is 6.96. The largest absolute Gasteiger partial charge is 0.508 e. The molecule has 0 aliphatic heterocycles. The summed E-state index contributed by atoms with van der Waals surface area (Å²) in [6, 6.07) is 7.31. The van der Waals surface area contributed by atoms with Crippen molar-refractivity contribution in [2.24, 2.45) is 0 Å². The van der Waals surface area contributed by atoms with Crippen molar-refractivity contribution in [1.82, 2.24) is 0 Å². The monoisotopic (exact) mass is 149 g/mol. The number of phenols is 1. The lowest BCUT2D eigenvalue weighted by Gasteiger charge is -2.06. The van der Waals surface area contributed by atoms with Gasteiger partial charge in [-0.15, -0.1) is 0 Å². The first-order valence-corrected chi connectivity index (χ1v) is 3.86. The van der Waals surface area contributed by atoms with Crippen LogP contribution in [0.25, 0.3) is 0 Å². The highest BCUT2D eigenvalue weighted by atomic mass is 16.3. The SMILES string of the molecule is CC[C](C)c1ccc(O)cc1. The first-order valence-electron chi connectivity index (χ1n) is 3.86. The predicted molar refractivity (Wildman–Crippen MR) is 46.4 cm³/mol. The number of rotatable bonds is 2. The molecule has 1 aromatic carbocycles. The second-order valence-electron chi connectivity index (χ2n) is 2.68. The summed E-state index contributed by atoms with van der Waals surface area (Å²) in [7, 11) is 0. The highest BCUT2D eigenvalue weighted by Gasteiger charge is 2.01. The van der Waals surface area contributed by atoms with Crippen molar-refractivity contribution in [2.45, 2.75) is 20.3 Å².